The number of para-hydroxylation sites is 1. The van der Waals surface area contributed by atoms with E-state index in [4.69, 9.17) is 0 Å². The van der Waals surface area contributed by atoms with Crippen molar-refractivity contribution in [3.63, 3.8) is 0 Å². The highest BCUT2D eigenvalue weighted by Crippen LogP contribution is 2.27. The van der Waals surface area contributed by atoms with Crippen LogP contribution in [0.1, 0.15) is 31.2 Å². The van der Waals surface area contributed by atoms with E-state index in [0.717, 1.165) is 5.56 Å². The SMILES string of the molecule is CC(C(=O)N1CCC(O)(Cn2cnc3ccccc3c2=O)CC1)c1ccccc1. The molecule has 29 heavy (non-hydrogen) atoms. The predicted octanol–water partition coefficient (Wildman–Crippen LogP) is 2.55. The lowest BCUT2D eigenvalue weighted by Gasteiger charge is -2.39. The van der Waals surface area contributed by atoms with E-state index in [1.807, 2.05) is 54.3 Å². The third-order valence-corrected chi connectivity index (χ3v) is 5.87. The topological polar surface area (TPSA) is 75.4 Å². The number of fused-ring (bicyclic) bond motifs is 1. The van der Waals surface area contributed by atoms with E-state index in [0.29, 0.717) is 36.8 Å². The molecule has 4 rings (SSSR count). The van der Waals surface area contributed by atoms with Crippen LogP contribution < -0.4 is 5.56 Å². The number of aromatic nitrogens is 2. The van der Waals surface area contributed by atoms with E-state index in [9.17, 15) is 14.7 Å². The van der Waals surface area contributed by atoms with Crippen LogP contribution in [0.25, 0.3) is 10.9 Å². The number of aliphatic hydroxyl groups is 1. The van der Waals surface area contributed by atoms with Crippen LogP contribution in [0.2, 0.25) is 0 Å². The van der Waals surface area contributed by atoms with Crippen LogP contribution in [-0.2, 0) is 11.3 Å². The van der Waals surface area contributed by atoms with Gasteiger partial charge in [-0.15, -0.1) is 0 Å². The van der Waals surface area contributed by atoms with Gasteiger partial charge < -0.3 is 10.0 Å². The molecule has 1 aliphatic rings. The van der Waals surface area contributed by atoms with Crippen LogP contribution in [0.4, 0.5) is 0 Å². The zero-order valence-corrected chi connectivity index (χ0v) is 16.5. The molecule has 1 aromatic heterocycles. The zero-order chi connectivity index (χ0) is 20.4. The Labute approximate surface area is 169 Å². The second-order valence-electron chi connectivity index (χ2n) is 7.88. The molecular weight excluding hydrogens is 366 g/mol. The summed E-state index contributed by atoms with van der Waals surface area (Å²) in [6.07, 6.45) is 2.36. The minimum Gasteiger partial charge on any atom is -0.388 e. The molecule has 0 aliphatic carbocycles. The molecule has 1 N–H and O–H groups in total. The zero-order valence-electron chi connectivity index (χ0n) is 16.5. The maximum Gasteiger partial charge on any atom is 0.261 e. The molecule has 3 aromatic rings. The standard InChI is InChI=1S/C23H25N3O3/c1-17(18-7-3-2-4-8-18)21(27)25-13-11-23(29,12-14-25)15-26-16-24-20-10-6-5-9-19(20)22(26)28/h2-10,16-17,29H,11-15H2,1H3. The number of benzene rings is 2. The molecule has 0 bridgehead atoms. The summed E-state index contributed by atoms with van der Waals surface area (Å²) in [4.78, 5) is 31.7. The third kappa shape index (κ3) is 3.93. The average Bonchev–Trinajstić information content (AvgIpc) is 2.76. The van der Waals surface area contributed by atoms with Crippen molar-refractivity contribution in [2.75, 3.05) is 13.1 Å². The first-order valence-electron chi connectivity index (χ1n) is 9.97. The number of amides is 1. The highest BCUT2D eigenvalue weighted by molar-refractivity contribution is 5.83. The van der Waals surface area contributed by atoms with Crippen molar-refractivity contribution in [2.45, 2.75) is 37.8 Å². The van der Waals surface area contributed by atoms with Crippen LogP contribution in [0.15, 0.2) is 65.7 Å². The molecule has 150 valence electrons. The van der Waals surface area contributed by atoms with Crippen LogP contribution in [-0.4, -0.2) is 44.2 Å². The lowest BCUT2D eigenvalue weighted by molar-refractivity contribution is -0.137. The molecule has 6 nitrogen and oxygen atoms in total. The molecule has 2 heterocycles. The first-order chi connectivity index (χ1) is 14.0. The van der Waals surface area contributed by atoms with Gasteiger partial charge >= 0.3 is 0 Å². The summed E-state index contributed by atoms with van der Waals surface area (Å²) < 4.78 is 1.48. The van der Waals surface area contributed by atoms with Gasteiger partial charge in [-0.25, -0.2) is 4.98 Å². The van der Waals surface area contributed by atoms with Crippen molar-refractivity contribution in [3.8, 4) is 0 Å². The third-order valence-electron chi connectivity index (χ3n) is 5.87. The van der Waals surface area contributed by atoms with Crippen LogP contribution in [0.3, 0.4) is 0 Å². The van der Waals surface area contributed by atoms with Crippen molar-refractivity contribution in [3.05, 3.63) is 76.8 Å². The van der Waals surface area contributed by atoms with Gasteiger partial charge in [0.15, 0.2) is 0 Å². The van der Waals surface area contributed by atoms with Crippen LogP contribution in [0.5, 0.6) is 0 Å². The van der Waals surface area contributed by atoms with Gasteiger partial charge in [-0.05, 0) is 37.5 Å². The average molecular weight is 391 g/mol. The van der Waals surface area contributed by atoms with Crippen molar-refractivity contribution in [2.24, 2.45) is 0 Å². The van der Waals surface area contributed by atoms with E-state index >= 15 is 0 Å². The fourth-order valence-electron chi connectivity index (χ4n) is 4.00. The van der Waals surface area contributed by atoms with E-state index in [-0.39, 0.29) is 23.9 Å². The number of likely N-dealkylation sites (tertiary alicyclic amines) is 1. The molecule has 1 atom stereocenters. The Kier molecular flexibility index (Phi) is 5.20. The normalized spacial score (nSPS) is 17.2. The maximum absolute atomic E-state index is 12.8. The number of carbonyl (C=O) groups is 1. The molecule has 1 unspecified atom stereocenters. The minimum absolute atomic E-state index is 0.0720. The summed E-state index contributed by atoms with van der Waals surface area (Å²) in [5.41, 5.74) is 0.462. The Hall–Kier alpha value is -2.99. The molecule has 2 aromatic carbocycles. The second-order valence-corrected chi connectivity index (χ2v) is 7.88. The predicted molar refractivity (Wildman–Crippen MR) is 112 cm³/mol. The van der Waals surface area contributed by atoms with Gasteiger partial charge in [0.1, 0.15) is 0 Å². The summed E-state index contributed by atoms with van der Waals surface area (Å²) in [6, 6.07) is 16.9. The number of rotatable bonds is 4. The van der Waals surface area contributed by atoms with E-state index < -0.39 is 5.60 Å². The van der Waals surface area contributed by atoms with Crippen molar-refractivity contribution >= 4 is 16.8 Å². The number of hydrogen-bond acceptors (Lipinski definition) is 4. The first kappa shape index (κ1) is 19.3. The molecule has 0 saturated carbocycles. The summed E-state index contributed by atoms with van der Waals surface area (Å²) in [5.74, 6) is -0.141. The summed E-state index contributed by atoms with van der Waals surface area (Å²) >= 11 is 0. The van der Waals surface area contributed by atoms with Gasteiger partial charge in [-0.1, -0.05) is 42.5 Å². The van der Waals surface area contributed by atoms with Gasteiger partial charge in [-0.2, -0.15) is 0 Å². The molecule has 0 spiro atoms. The van der Waals surface area contributed by atoms with Crippen molar-refractivity contribution in [1.29, 1.82) is 0 Å². The quantitative estimate of drug-likeness (QED) is 0.742. The Bertz CT molecular complexity index is 1070. The smallest absolute Gasteiger partial charge is 0.261 e. The number of hydrogen-bond donors (Lipinski definition) is 1. The lowest BCUT2D eigenvalue weighted by Crippen LogP contribution is -2.50. The van der Waals surface area contributed by atoms with Crippen molar-refractivity contribution in [1.82, 2.24) is 14.5 Å². The molecule has 6 heteroatoms. The number of piperidine rings is 1. The molecular formula is C23H25N3O3. The first-order valence-corrected chi connectivity index (χ1v) is 9.97. The van der Waals surface area contributed by atoms with Gasteiger partial charge in [0.25, 0.3) is 5.56 Å². The highest BCUT2D eigenvalue weighted by atomic mass is 16.3. The molecule has 1 fully saturated rings. The van der Waals surface area contributed by atoms with E-state index in [1.165, 1.54) is 10.9 Å². The number of carbonyl (C=O) groups excluding carboxylic acids is 1. The second kappa shape index (κ2) is 7.79. The summed E-state index contributed by atoms with van der Waals surface area (Å²) in [6.45, 7) is 3.04. The highest BCUT2D eigenvalue weighted by Gasteiger charge is 2.35. The Morgan fingerprint density at radius 2 is 1.76 bits per heavy atom. The summed E-state index contributed by atoms with van der Waals surface area (Å²) in [7, 11) is 0. The molecule has 1 aliphatic heterocycles. The van der Waals surface area contributed by atoms with Gasteiger partial charge in [0, 0.05) is 13.1 Å². The Balaban J connectivity index is 1.44. The van der Waals surface area contributed by atoms with Crippen molar-refractivity contribution < 1.29 is 9.90 Å². The number of nitrogens with zero attached hydrogens (tertiary/aromatic N) is 3. The monoisotopic (exact) mass is 391 g/mol. The van der Waals surface area contributed by atoms with E-state index in [1.54, 1.807) is 12.1 Å². The van der Waals surface area contributed by atoms with Crippen LogP contribution >= 0.6 is 0 Å². The maximum atomic E-state index is 12.8. The molecule has 0 radical (unpaired) electrons. The van der Waals surface area contributed by atoms with Gasteiger partial charge in [-0.3, -0.25) is 14.2 Å². The Morgan fingerprint density at radius 3 is 2.48 bits per heavy atom. The largest absolute Gasteiger partial charge is 0.388 e. The minimum atomic E-state index is -1.03. The lowest BCUT2D eigenvalue weighted by atomic mass is 9.90. The van der Waals surface area contributed by atoms with Crippen LogP contribution in [0, 0.1) is 0 Å². The van der Waals surface area contributed by atoms with E-state index in [2.05, 4.69) is 4.98 Å². The summed E-state index contributed by atoms with van der Waals surface area (Å²) in [5, 5.41) is 11.6. The van der Waals surface area contributed by atoms with Gasteiger partial charge in [0.2, 0.25) is 5.91 Å². The molecule has 1 amide bonds. The Morgan fingerprint density at radius 1 is 1.10 bits per heavy atom. The fraction of sp³-hybridized carbons (Fsp3) is 0.348. The fourth-order valence-corrected chi connectivity index (χ4v) is 4.00. The van der Waals surface area contributed by atoms with Gasteiger partial charge in [0.05, 0.1) is 35.3 Å². The molecule has 1 saturated heterocycles.